The maximum atomic E-state index is 10.2. The molecule has 0 bridgehead atoms. The van der Waals surface area contributed by atoms with E-state index in [1.165, 1.54) is 44.9 Å². The van der Waals surface area contributed by atoms with E-state index in [0.717, 1.165) is 6.42 Å². The molecular formula is C11H23N2O. The molecule has 0 aliphatic heterocycles. The molecule has 0 saturated carbocycles. The minimum absolute atomic E-state index is 0.659. The zero-order valence-corrected chi connectivity index (χ0v) is 9.27. The summed E-state index contributed by atoms with van der Waals surface area (Å²) in [6.07, 6.45) is 10.1. The molecule has 0 spiro atoms. The van der Waals surface area contributed by atoms with Gasteiger partial charge in [0.25, 0.3) is 0 Å². The summed E-state index contributed by atoms with van der Waals surface area (Å²) < 4.78 is 0. The third-order valence-electron chi connectivity index (χ3n) is 2.32. The molecule has 0 aliphatic rings. The van der Waals surface area contributed by atoms with Crippen molar-refractivity contribution in [1.82, 2.24) is 11.1 Å². The van der Waals surface area contributed by atoms with Crippen LogP contribution in [0.25, 0.3) is 0 Å². The van der Waals surface area contributed by atoms with Gasteiger partial charge in [-0.3, -0.25) is 0 Å². The summed E-state index contributed by atoms with van der Waals surface area (Å²) in [4.78, 5) is 10.2. The number of amides is 2. The predicted octanol–water partition coefficient (Wildman–Crippen LogP) is 3.12. The van der Waals surface area contributed by atoms with Crippen LogP contribution < -0.4 is 11.1 Å². The lowest BCUT2D eigenvalue weighted by atomic mass is 10.1. The topological polar surface area (TPSA) is 52.9 Å². The Morgan fingerprint density at radius 2 is 1.50 bits per heavy atom. The Kier molecular flexibility index (Phi) is 9.81. The van der Waals surface area contributed by atoms with Crippen molar-refractivity contribution in [3.63, 3.8) is 0 Å². The van der Waals surface area contributed by atoms with Gasteiger partial charge in [-0.05, 0) is 6.42 Å². The van der Waals surface area contributed by atoms with Gasteiger partial charge >= 0.3 is 6.03 Å². The lowest BCUT2D eigenvalue weighted by Gasteiger charge is -2.01. The van der Waals surface area contributed by atoms with Crippen molar-refractivity contribution in [2.45, 2.75) is 58.3 Å². The Labute approximate surface area is 87.4 Å². The van der Waals surface area contributed by atoms with Gasteiger partial charge in [-0.1, -0.05) is 51.9 Å². The zero-order valence-electron chi connectivity index (χ0n) is 9.27. The fraction of sp³-hybridized carbons (Fsp3) is 0.909. The third-order valence-corrected chi connectivity index (χ3v) is 2.32. The fourth-order valence-electron chi connectivity index (χ4n) is 1.46. The predicted molar refractivity (Wildman–Crippen MR) is 59.1 cm³/mol. The molecule has 0 heterocycles. The van der Waals surface area contributed by atoms with Gasteiger partial charge in [0.2, 0.25) is 0 Å². The number of carbonyl (C=O) groups excluding carboxylic acids is 1. The number of hydrogen-bond donors (Lipinski definition) is 1. The third kappa shape index (κ3) is 11.3. The van der Waals surface area contributed by atoms with Gasteiger partial charge in [0.15, 0.2) is 0 Å². The molecule has 0 saturated heterocycles. The van der Waals surface area contributed by atoms with Crippen LogP contribution >= 0.6 is 0 Å². The highest BCUT2D eigenvalue weighted by atomic mass is 16.2. The fourth-order valence-corrected chi connectivity index (χ4v) is 1.46. The molecule has 0 atom stereocenters. The Morgan fingerprint density at radius 3 is 2.00 bits per heavy atom. The van der Waals surface area contributed by atoms with Crippen molar-refractivity contribution < 1.29 is 4.79 Å². The van der Waals surface area contributed by atoms with Crippen LogP contribution in [0.15, 0.2) is 0 Å². The molecule has 0 aliphatic carbocycles. The van der Waals surface area contributed by atoms with Crippen LogP contribution in [0.3, 0.4) is 0 Å². The van der Waals surface area contributed by atoms with E-state index in [1.54, 1.807) is 0 Å². The first-order valence-electron chi connectivity index (χ1n) is 5.76. The van der Waals surface area contributed by atoms with Crippen LogP contribution in [0.5, 0.6) is 0 Å². The number of unbranched alkanes of at least 4 members (excludes halogenated alkanes) is 7. The molecular weight excluding hydrogens is 176 g/mol. The zero-order chi connectivity index (χ0) is 10.6. The molecule has 0 rings (SSSR count). The van der Waals surface area contributed by atoms with Gasteiger partial charge < -0.3 is 5.32 Å². The quantitative estimate of drug-likeness (QED) is 0.570. The summed E-state index contributed by atoms with van der Waals surface area (Å²) in [6, 6.07) is -0.659. The minimum atomic E-state index is -0.659. The summed E-state index contributed by atoms with van der Waals surface area (Å²) in [5, 5.41) is 2.48. The highest BCUT2D eigenvalue weighted by Gasteiger charge is 1.93. The first kappa shape index (κ1) is 13.3. The minimum Gasteiger partial charge on any atom is -0.337 e. The SMILES string of the molecule is CCCCCCCCCCNC([NH])=O. The average Bonchev–Trinajstić information content (AvgIpc) is 2.15. The Hall–Kier alpha value is -0.730. The van der Waals surface area contributed by atoms with E-state index in [-0.39, 0.29) is 0 Å². The Bertz CT molecular complexity index is 137. The first-order chi connectivity index (χ1) is 6.77. The molecule has 3 nitrogen and oxygen atoms in total. The van der Waals surface area contributed by atoms with Crippen molar-refractivity contribution in [3.8, 4) is 0 Å². The summed E-state index contributed by atoms with van der Waals surface area (Å²) in [6.45, 7) is 2.89. The molecule has 83 valence electrons. The largest absolute Gasteiger partial charge is 0.337 e. The van der Waals surface area contributed by atoms with E-state index in [0.29, 0.717) is 6.54 Å². The lowest BCUT2D eigenvalue weighted by Crippen LogP contribution is -2.23. The molecule has 14 heavy (non-hydrogen) atoms. The van der Waals surface area contributed by atoms with E-state index in [1.807, 2.05) is 0 Å². The normalized spacial score (nSPS) is 10.1. The van der Waals surface area contributed by atoms with Crippen molar-refractivity contribution in [2.24, 2.45) is 0 Å². The molecule has 2 amide bonds. The lowest BCUT2D eigenvalue weighted by molar-refractivity contribution is 0.247. The highest BCUT2D eigenvalue weighted by molar-refractivity contribution is 5.70. The summed E-state index contributed by atoms with van der Waals surface area (Å²) in [7, 11) is 0. The first-order valence-corrected chi connectivity index (χ1v) is 5.76. The van der Waals surface area contributed by atoms with Crippen molar-refractivity contribution >= 4 is 6.03 Å². The molecule has 2 N–H and O–H groups in total. The van der Waals surface area contributed by atoms with Crippen molar-refractivity contribution in [1.29, 1.82) is 0 Å². The van der Waals surface area contributed by atoms with Crippen LogP contribution in [0, 0.1) is 0 Å². The summed E-state index contributed by atoms with van der Waals surface area (Å²) in [5.41, 5.74) is 6.62. The maximum Gasteiger partial charge on any atom is 0.333 e. The van der Waals surface area contributed by atoms with E-state index in [9.17, 15) is 4.79 Å². The molecule has 0 aromatic rings. The average molecular weight is 199 g/mol. The summed E-state index contributed by atoms with van der Waals surface area (Å²) in [5.74, 6) is 0. The van der Waals surface area contributed by atoms with Crippen molar-refractivity contribution in [3.05, 3.63) is 0 Å². The van der Waals surface area contributed by atoms with Crippen LogP contribution in [0.2, 0.25) is 0 Å². The number of nitrogens with one attached hydrogen (secondary N) is 2. The molecule has 0 aromatic carbocycles. The second-order valence-corrected chi connectivity index (χ2v) is 3.73. The van der Waals surface area contributed by atoms with E-state index < -0.39 is 6.03 Å². The highest BCUT2D eigenvalue weighted by Crippen LogP contribution is 2.07. The van der Waals surface area contributed by atoms with Gasteiger partial charge in [0.1, 0.15) is 0 Å². The number of urea groups is 1. The van der Waals surface area contributed by atoms with Gasteiger partial charge in [-0.25, -0.2) is 10.5 Å². The summed E-state index contributed by atoms with van der Waals surface area (Å²) >= 11 is 0. The number of carbonyl (C=O) groups is 1. The van der Waals surface area contributed by atoms with Gasteiger partial charge in [-0.15, -0.1) is 0 Å². The Balaban J connectivity index is 2.88. The van der Waals surface area contributed by atoms with Gasteiger partial charge in [-0.2, -0.15) is 0 Å². The maximum absolute atomic E-state index is 10.2. The van der Waals surface area contributed by atoms with Crippen LogP contribution in [0.4, 0.5) is 4.79 Å². The van der Waals surface area contributed by atoms with Crippen LogP contribution in [-0.2, 0) is 0 Å². The van der Waals surface area contributed by atoms with Gasteiger partial charge in [0, 0.05) is 6.54 Å². The second-order valence-electron chi connectivity index (χ2n) is 3.73. The smallest absolute Gasteiger partial charge is 0.333 e. The second kappa shape index (κ2) is 10.4. The monoisotopic (exact) mass is 199 g/mol. The van der Waals surface area contributed by atoms with Crippen molar-refractivity contribution in [2.75, 3.05) is 6.54 Å². The van der Waals surface area contributed by atoms with Crippen LogP contribution in [-0.4, -0.2) is 12.6 Å². The van der Waals surface area contributed by atoms with Crippen LogP contribution in [0.1, 0.15) is 58.3 Å². The molecule has 1 radical (unpaired) electrons. The standard InChI is InChI=1S/C11H23N2O/c1-2-3-4-5-6-7-8-9-10-13-11(12)14/h12H,2-10H2,1H3,(H,13,14). The number of rotatable bonds is 9. The van der Waals surface area contributed by atoms with E-state index in [2.05, 4.69) is 12.2 Å². The molecule has 0 unspecified atom stereocenters. The molecule has 3 heteroatoms. The number of hydrogen-bond acceptors (Lipinski definition) is 1. The molecule has 0 fully saturated rings. The van der Waals surface area contributed by atoms with Gasteiger partial charge in [0.05, 0.1) is 0 Å². The van der Waals surface area contributed by atoms with E-state index in [4.69, 9.17) is 5.73 Å². The Morgan fingerprint density at radius 1 is 1.00 bits per heavy atom. The molecule has 0 aromatic heterocycles. The van der Waals surface area contributed by atoms with E-state index >= 15 is 0 Å².